The summed E-state index contributed by atoms with van der Waals surface area (Å²) in [4.78, 5) is 12.1. The van der Waals surface area contributed by atoms with Crippen LogP contribution in [0.1, 0.15) is 6.92 Å². The van der Waals surface area contributed by atoms with Crippen LogP contribution in [0.5, 0.6) is 0 Å². The fourth-order valence-corrected chi connectivity index (χ4v) is 3.27. The van der Waals surface area contributed by atoms with E-state index in [4.69, 9.17) is 0 Å². The molecule has 3 aromatic rings. The van der Waals surface area contributed by atoms with Gasteiger partial charge in [0.25, 0.3) is 0 Å². The van der Waals surface area contributed by atoms with Gasteiger partial charge in [0.2, 0.25) is 0 Å². The zero-order valence-electron chi connectivity index (χ0n) is 13.5. The van der Waals surface area contributed by atoms with Crippen LogP contribution in [0.25, 0.3) is 0 Å². The van der Waals surface area contributed by atoms with E-state index in [0.29, 0.717) is 0 Å². The molecule has 0 aliphatic carbocycles. The minimum Gasteiger partial charge on any atom is -0.477 e. The molecule has 0 spiro atoms. The molecule has 1 unspecified atom stereocenters. The number of carboxylic acid groups (broad SMARTS) is 1. The Morgan fingerprint density at radius 1 is 0.708 bits per heavy atom. The molecule has 0 heterocycles. The standard InChI is InChI=1S/C21H19NO2/c1-17(21(23)24)22(18-11-5-2-6-12-18,19-13-7-3-8-14-19)20-15-9-4-10-16-20/h2-17H,1H3/p+1. The smallest absolute Gasteiger partial charge is 0.363 e. The second-order valence-electron chi connectivity index (χ2n) is 5.74. The first-order valence-electron chi connectivity index (χ1n) is 7.95. The second-order valence-corrected chi connectivity index (χ2v) is 5.74. The van der Waals surface area contributed by atoms with Gasteiger partial charge in [-0.2, -0.15) is 0 Å². The molecule has 0 amide bonds. The zero-order valence-corrected chi connectivity index (χ0v) is 13.5. The number of hydrogen-bond acceptors (Lipinski definition) is 1. The second kappa shape index (κ2) is 6.69. The van der Waals surface area contributed by atoms with Crippen molar-refractivity contribution in [2.45, 2.75) is 13.0 Å². The van der Waals surface area contributed by atoms with Crippen LogP contribution in [-0.4, -0.2) is 17.1 Å². The Morgan fingerprint density at radius 3 is 1.25 bits per heavy atom. The molecule has 0 saturated heterocycles. The van der Waals surface area contributed by atoms with Crippen LogP contribution in [0.15, 0.2) is 91.0 Å². The molecule has 24 heavy (non-hydrogen) atoms. The summed E-state index contributed by atoms with van der Waals surface area (Å²) in [6, 6.07) is 28.7. The van der Waals surface area contributed by atoms with Gasteiger partial charge in [-0.15, -0.1) is 0 Å². The van der Waals surface area contributed by atoms with E-state index in [1.807, 2.05) is 91.0 Å². The van der Waals surface area contributed by atoms with E-state index in [1.165, 1.54) is 0 Å². The maximum Gasteiger partial charge on any atom is 0.363 e. The van der Waals surface area contributed by atoms with Crippen molar-refractivity contribution in [3.63, 3.8) is 0 Å². The molecule has 0 saturated carbocycles. The van der Waals surface area contributed by atoms with Gasteiger partial charge >= 0.3 is 5.97 Å². The predicted octanol–water partition coefficient (Wildman–Crippen LogP) is 5.13. The quantitative estimate of drug-likeness (QED) is 0.662. The number of benzene rings is 3. The fourth-order valence-electron chi connectivity index (χ4n) is 3.27. The lowest BCUT2D eigenvalue weighted by atomic mass is 10.0. The Labute approximate surface area is 142 Å². The molecule has 3 rings (SSSR count). The van der Waals surface area contributed by atoms with Crippen LogP contribution in [0.3, 0.4) is 0 Å². The van der Waals surface area contributed by atoms with Crippen LogP contribution < -0.4 is 4.48 Å². The van der Waals surface area contributed by atoms with Crippen LogP contribution >= 0.6 is 0 Å². The van der Waals surface area contributed by atoms with Crippen molar-refractivity contribution in [3.8, 4) is 0 Å². The van der Waals surface area contributed by atoms with Crippen molar-refractivity contribution in [3.05, 3.63) is 91.0 Å². The number of rotatable bonds is 5. The Bertz CT molecular complexity index is 704. The lowest BCUT2D eigenvalue weighted by Crippen LogP contribution is -2.51. The summed E-state index contributed by atoms with van der Waals surface area (Å²) in [7, 11) is 0. The van der Waals surface area contributed by atoms with Gasteiger partial charge in [-0.3, -0.25) is 0 Å². The average Bonchev–Trinajstić information content (AvgIpc) is 2.65. The molecular weight excluding hydrogens is 298 g/mol. The van der Waals surface area contributed by atoms with E-state index in [-0.39, 0.29) is 4.48 Å². The molecule has 0 bridgehead atoms. The molecule has 0 aliphatic rings. The SMILES string of the molecule is CC(C(=O)O)[N+](c1ccccc1)(c1ccccc1)c1ccccc1. The lowest BCUT2D eigenvalue weighted by molar-refractivity contribution is -0.140. The molecular formula is C21H20NO2+. The molecule has 3 nitrogen and oxygen atoms in total. The predicted molar refractivity (Wildman–Crippen MR) is 97.5 cm³/mol. The normalized spacial score (nSPS) is 12.5. The molecule has 120 valence electrons. The molecule has 3 heteroatoms. The number of para-hydroxylation sites is 3. The summed E-state index contributed by atoms with van der Waals surface area (Å²) in [5.41, 5.74) is 2.76. The van der Waals surface area contributed by atoms with Crippen molar-refractivity contribution < 1.29 is 9.90 Å². The highest BCUT2D eigenvalue weighted by molar-refractivity contribution is 5.84. The van der Waals surface area contributed by atoms with Gasteiger partial charge in [-0.1, -0.05) is 54.6 Å². The minimum atomic E-state index is -0.841. The topological polar surface area (TPSA) is 37.3 Å². The summed E-state index contributed by atoms with van der Waals surface area (Å²) in [6.45, 7) is 1.76. The first kappa shape index (κ1) is 16.0. The van der Waals surface area contributed by atoms with Crippen molar-refractivity contribution >= 4 is 23.0 Å². The van der Waals surface area contributed by atoms with Crippen LogP contribution in [0, 0.1) is 0 Å². The van der Waals surface area contributed by atoms with Gasteiger partial charge in [0.15, 0.2) is 6.04 Å². The Morgan fingerprint density at radius 2 is 1.00 bits per heavy atom. The van der Waals surface area contributed by atoms with E-state index >= 15 is 0 Å². The minimum absolute atomic E-state index is 0.137. The van der Waals surface area contributed by atoms with Crippen LogP contribution in [0.4, 0.5) is 17.1 Å². The zero-order chi connectivity index (χ0) is 17.0. The number of quaternary nitrogens is 1. The molecule has 3 aromatic carbocycles. The van der Waals surface area contributed by atoms with E-state index in [2.05, 4.69) is 0 Å². The third-order valence-corrected chi connectivity index (χ3v) is 4.43. The third kappa shape index (κ3) is 2.59. The monoisotopic (exact) mass is 318 g/mol. The van der Waals surface area contributed by atoms with E-state index in [1.54, 1.807) is 6.92 Å². The number of carboxylic acids is 1. The van der Waals surface area contributed by atoms with E-state index < -0.39 is 12.0 Å². The van der Waals surface area contributed by atoms with Crippen molar-refractivity contribution in [2.75, 3.05) is 0 Å². The maximum atomic E-state index is 12.1. The Balaban J connectivity index is 2.39. The Kier molecular flexibility index (Phi) is 4.45. The van der Waals surface area contributed by atoms with Gasteiger partial charge in [0, 0.05) is 6.92 Å². The molecule has 1 N–H and O–H groups in total. The van der Waals surface area contributed by atoms with Gasteiger partial charge in [0.1, 0.15) is 17.1 Å². The van der Waals surface area contributed by atoms with Gasteiger partial charge in [-0.05, 0) is 36.4 Å². The number of aliphatic carboxylic acids is 1. The fraction of sp³-hybridized carbons (Fsp3) is 0.0952. The summed E-state index contributed by atoms with van der Waals surface area (Å²) < 4.78 is 0.137. The molecule has 0 radical (unpaired) electrons. The van der Waals surface area contributed by atoms with E-state index in [9.17, 15) is 9.90 Å². The van der Waals surface area contributed by atoms with Crippen molar-refractivity contribution in [1.82, 2.24) is 4.48 Å². The molecule has 0 aromatic heterocycles. The highest BCUT2D eigenvalue weighted by Crippen LogP contribution is 2.45. The average molecular weight is 318 g/mol. The van der Waals surface area contributed by atoms with Crippen LogP contribution in [-0.2, 0) is 4.79 Å². The lowest BCUT2D eigenvalue weighted by Gasteiger charge is -2.40. The first-order valence-corrected chi connectivity index (χ1v) is 7.95. The highest BCUT2D eigenvalue weighted by Gasteiger charge is 2.45. The van der Waals surface area contributed by atoms with Gasteiger partial charge in [-0.25, -0.2) is 9.28 Å². The van der Waals surface area contributed by atoms with Gasteiger partial charge in [0.05, 0.1) is 0 Å². The highest BCUT2D eigenvalue weighted by atomic mass is 16.4. The van der Waals surface area contributed by atoms with Crippen LogP contribution in [0.2, 0.25) is 0 Å². The maximum absolute atomic E-state index is 12.1. The van der Waals surface area contributed by atoms with E-state index in [0.717, 1.165) is 17.1 Å². The molecule has 0 aliphatic heterocycles. The van der Waals surface area contributed by atoms with Gasteiger partial charge < -0.3 is 5.11 Å². The summed E-state index contributed by atoms with van der Waals surface area (Å²) >= 11 is 0. The van der Waals surface area contributed by atoms with Crippen molar-refractivity contribution in [2.24, 2.45) is 0 Å². The van der Waals surface area contributed by atoms with Crippen molar-refractivity contribution in [1.29, 1.82) is 0 Å². The third-order valence-electron chi connectivity index (χ3n) is 4.43. The largest absolute Gasteiger partial charge is 0.477 e. The molecule has 0 fully saturated rings. The number of nitrogens with zero attached hydrogens (tertiary/aromatic N) is 1. The summed E-state index contributed by atoms with van der Waals surface area (Å²) in [6.07, 6.45) is 0. The first-order chi connectivity index (χ1) is 11.7. The number of carbonyl (C=O) groups is 1. The summed E-state index contributed by atoms with van der Waals surface area (Å²) in [5.74, 6) is -0.841. The molecule has 1 atom stereocenters. The summed E-state index contributed by atoms with van der Waals surface area (Å²) in [5, 5.41) is 9.89. The Hall–Kier alpha value is -2.91. The number of hydrogen-bond donors (Lipinski definition) is 1.